The molecule has 0 aliphatic carbocycles. The number of ether oxygens (including phenoxy) is 2. The van der Waals surface area contributed by atoms with Gasteiger partial charge in [0.05, 0.1) is 6.61 Å². The van der Waals surface area contributed by atoms with Crippen molar-refractivity contribution in [3.05, 3.63) is 0 Å². The molecule has 0 saturated carbocycles. The largest absolute Gasteiger partial charge is 0.394 e. The van der Waals surface area contributed by atoms with Gasteiger partial charge in [-0.3, -0.25) is 0 Å². The van der Waals surface area contributed by atoms with Crippen LogP contribution in [-0.4, -0.2) is 64.3 Å². The first-order chi connectivity index (χ1) is 10.1. The Labute approximate surface area is 126 Å². The molecular formula is C15H30O6. The molecule has 0 spiro atoms. The van der Waals surface area contributed by atoms with Gasteiger partial charge in [0.15, 0.2) is 6.29 Å². The van der Waals surface area contributed by atoms with E-state index in [4.69, 9.17) is 14.6 Å². The highest BCUT2D eigenvalue weighted by Crippen LogP contribution is 2.22. The third-order valence-corrected chi connectivity index (χ3v) is 3.88. The zero-order chi connectivity index (χ0) is 15.7. The van der Waals surface area contributed by atoms with E-state index in [1.54, 1.807) is 0 Å². The van der Waals surface area contributed by atoms with Crippen LogP contribution in [-0.2, 0) is 9.47 Å². The van der Waals surface area contributed by atoms with Gasteiger partial charge in [-0.25, -0.2) is 0 Å². The maximum absolute atomic E-state index is 9.78. The van der Waals surface area contributed by atoms with Crippen molar-refractivity contribution < 1.29 is 29.9 Å². The topological polar surface area (TPSA) is 99.4 Å². The first-order valence-electron chi connectivity index (χ1n) is 8.04. The Morgan fingerprint density at radius 2 is 1.48 bits per heavy atom. The molecule has 6 heteroatoms. The number of unbranched alkanes of at least 4 members (excludes halogenated alkanes) is 6. The van der Waals surface area contributed by atoms with Gasteiger partial charge in [0.25, 0.3) is 0 Å². The standard InChI is InChI=1S/C15H30O6/c1-2-3-4-5-6-7-8-9-20-15-14(19)13(18)12(17)11(10-16)21-15/h11-19H,2-10H2,1H3/t11-,12+,13+,14-,15+/m0/s1. The number of hydrogen-bond donors (Lipinski definition) is 4. The van der Waals surface area contributed by atoms with Crippen LogP contribution < -0.4 is 0 Å². The molecule has 126 valence electrons. The molecule has 1 aliphatic heterocycles. The second kappa shape index (κ2) is 10.5. The Hall–Kier alpha value is -0.240. The fourth-order valence-electron chi connectivity index (χ4n) is 2.46. The van der Waals surface area contributed by atoms with E-state index in [0.29, 0.717) is 6.61 Å². The van der Waals surface area contributed by atoms with Gasteiger partial charge in [-0.05, 0) is 6.42 Å². The summed E-state index contributed by atoms with van der Waals surface area (Å²) in [5.41, 5.74) is 0. The maximum atomic E-state index is 9.78. The van der Waals surface area contributed by atoms with Crippen molar-refractivity contribution in [2.75, 3.05) is 13.2 Å². The van der Waals surface area contributed by atoms with Crippen molar-refractivity contribution in [3.63, 3.8) is 0 Å². The predicted molar refractivity (Wildman–Crippen MR) is 77.7 cm³/mol. The van der Waals surface area contributed by atoms with E-state index in [9.17, 15) is 15.3 Å². The zero-order valence-electron chi connectivity index (χ0n) is 12.9. The van der Waals surface area contributed by atoms with Crippen molar-refractivity contribution in [1.29, 1.82) is 0 Å². The van der Waals surface area contributed by atoms with Gasteiger partial charge < -0.3 is 29.9 Å². The van der Waals surface area contributed by atoms with Gasteiger partial charge in [0, 0.05) is 6.61 Å². The summed E-state index contributed by atoms with van der Waals surface area (Å²) < 4.78 is 10.7. The molecule has 5 atom stereocenters. The number of rotatable bonds is 10. The van der Waals surface area contributed by atoms with Crippen LogP contribution in [0.25, 0.3) is 0 Å². The SMILES string of the molecule is CCCCCCCCCO[C@@H]1O[C@@H](CO)[C@@H](O)[C@@H](O)[C@@H]1O. The van der Waals surface area contributed by atoms with Crippen LogP contribution in [0, 0.1) is 0 Å². The van der Waals surface area contributed by atoms with Crippen LogP contribution in [0.15, 0.2) is 0 Å². The second-order valence-electron chi connectivity index (χ2n) is 5.69. The van der Waals surface area contributed by atoms with Crippen molar-refractivity contribution in [3.8, 4) is 0 Å². The Kier molecular flexibility index (Phi) is 9.39. The first-order valence-corrected chi connectivity index (χ1v) is 8.04. The molecule has 0 aromatic rings. The lowest BCUT2D eigenvalue weighted by molar-refractivity contribution is -0.301. The molecule has 1 aliphatic rings. The average molecular weight is 306 g/mol. The lowest BCUT2D eigenvalue weighted by atomic mass is 9.99. The summed E-state index contributed by atoms with van der Waals surface area (Å²) in [5.74, 6) is 0. The van der Waals surface area contributed by atoms with Crippen LogP contribution in [0.1, 0.15) is 51.9 Å². The van der Waals surface area contributed by atoms with Crippen LogP contribution in [0.5, 0.6) is 0 Å². The van der Waals surface area contributed by atoms with Crippen LogP contribution >= 0.6 is 0 Å². The molecule has 4 N–H and O–H groups in total. The predicted octanol–water partition coefficient (Wildman–Crippen LogP) is 0.553. The molecule has 6 nitrogen and oxygen atoms in total. The lowest BCUT2D eigenvalue weighted by Gasteiger charge is -2.39. The smallest absolute Gasteiger partial charge is 0.186 e. The quantitative estimate of drug-likeness (QED) is 0.440. The summed E-state index contributed by atoms with van der Waals surface area (Å²) in [4.78, 5) is 0. The average Bonchev–Trinajstić information content (AvgIpc) is 2.49. The van der Waals surface area contributed by atoms with Crippen molar-refractivity contribution in [2.45, 2.75) is 82.6 Å². The summed E-state index contributed by atoms with van der Waals surface area (Å²) in [6.07, 6.45) is 2.20. The van der Waals surface area contributed by atoms with Crippen molar-refractivity contribution >= 4 is 0 Å². The van der Waals surface area contributed by atoms with Gasteiger partial charge in [-0.1, -0.05) is 45.4 Å². The van der Waals surface area contributed by atoms with Crippen molar-refractivity contribution in [1.82, 2.24) is 0 Å². The maximum Gasteiger partial charge on any atom is 0.186 e. The van der Waals surface area contributed by atoms with Gasteiger partial charge in [0.1, 0.15) is 24.4 Å². The monoisotopic (exact) mass is 306 g/mol. The molecule has 0 aromatic carbocycles. The minimum Gasteiger partial charge on any atom is -0.394 e. The van der Waals surface area contributed by atoms with Crippen LogP contribution in [0.2, 0.25) is 0 Å². The fraction of sp³-hybridized carbons (Fsp3) is 1.00. The van der Waals surface area contributed by atoms with E-state index in [-0.39, 0.29) is 0 Å². The van der Waals surface area contributed by atoms with E-state index in [1.165, 1.54) is 25.7 Å². The molecule has 1 saturated heterocycles. The van der Waals surface area contributed by atoms with E-state index in [1.807, 2.05) is 0 Å². The minimum absolute atomic E-state index is 0.427. The molecule has 0 aromatic heterocycles. The van der Waals surface area contributed by atoms with Crippen LogP contribution in [0.4, 0.5) is 0 Å². The molecular weight excluding hydrogens is 276 g/mol. The van der Waals surface area contributed by atoms with Crippen molar-refractivity contribution in [2.24, 2.45) is 0 Å². The third-order valence-electron chi connectivity index (χ3n) is 3.88. The van der Waals surface area contributed by atoms with Crippen LogP contribution in [0.3, 0.4) is 0 Å². The Morgan fingerprint density at radius 1 is 0.857 bits per heavy atom. The third kappa shape index (κ3) is 6.18. The summed E-state index contributed by atoms with van der Waals surface area (Å²) in [7, 11) is 0. The molecule has 0 unspecified atom stereocenters. The zero-order valence-corrected chi connectivity index (χ0v) is 12.9. The summed E-state index contributed by atoms with van der Waals surface area (Å²) in [6.45, 7) is 2.19. The second-order valence-corrected chi connectivity index (χ2v) is 5.69. The Bertz CT molecular complexity index is 261. The van der Waals surface area contributed by atoms with E-state index >= 15 is 0 Å². The van der Waals surface area contributed by atoms with Gasteiger partial charge in [-0.15, -0.1) is 0 Å². The van der Waals surface area contributed by atoms with E-state index < -0.39 is 37.3 Å². The minimum atomic E-state index is -1.37. The number of aliphatic hydroxyl groups is 4. The molecule has 0 bridgehead atoms. The molecule has 0 radical (unpaired) electrons. The molecule has 21 heavy (non-hydrogen) atoms. The van der Waals surface area contributed by atoms with Gasteiger partial charge >= 0.3 is 0 Å². The fourth-order valence-corrected chi connectivity index (χ4v) is 2.46. The molecule has 1 heterocycles. The summed E-state index contributed by atoms with van der Waals surface area (Å²) >= 11 is 0. The van der Waals surface area contributed by atoms with E-state index in [2.05, 4.69) is 6.92 Å². The highest BCUT2D eigenvalue weighted by molar-refractivity contribution is 4.88. The molecule has 0 amide bonds. The van der Waals surface area contributed by atoms with E-state index in [0.717, 1.165) is 19.3 Å². The summed E-state index contributed by atoms with van der Waals surface area (Å²) in [6, 6.07) is 0. The van der Waals surface area contributed by atoms with Gasteiger partial charge in [-0.2, -0.15) is 0 Å². The first kappa shape index (κ1) is 18.8. The lowest BCUT2D eigenvalue weighted by Crippen LogP contribution is -2.59. The summed E-state index contributed by atoms with van der Waals surface area (Å²) in [5, 5.41) is 38.1. The Balaban J connectivity index is 2.16. The Morgan fingerprint density at radius 3 is 2.10 bits per heavy atom. The number of hydrogen-bond acceptors (Lipinski definition) is 6. The molecule has 1 fully saturated rings. The normalized spacial score (nSPS) is 33.3. The number of aliphatic hydroxyl groups excluding tert-OH is 4. The molecule has 1 rings (SSSR count). The highest BCUT2D eigenvalue weighted by Gasteiger charge is 2.43. The highest BCUT2D eigenvalue weighted by atomic mass is 16.7. The van der Waals surface area contributed by atoms with Gasteiger partial charge in [0.2, 0.25) is 0 Å².